The molecule has 1 fully saturated rings. The normalized spacial score (nSPS) is 18.4. The molecule has 1 aromatic carbocycles. The molecule has 0 spiro atoms. The van der Waals surface area contributed by atoms with E-state index in [1.54, 1.807) is 11.8 Å². The minimum absolute atomic E-state index is 0.00173. The minimum Gasteiger partial charge on any atom is -0.381 e. The second-order valence-corrected chi connectivity index (χ2v) is 8.54. The van der Waals surface area contributed by atoms with Gasteiger partial charge in [-0.3, -0.25) is 4.79 Å². The molecule has 0 saturated carbocycles. The molecule has 0 aromatic heterocycles. The van der Waals surface area contributed by atoms with Crippen molar-refractivity contribution in [3.8, 4) is 0 Å². The van der Waals surface area contributed by atoms with Gasteiger partial charge in [0.1, 0.15) is 0 Å². The van der Waals surface area contributed by atoms with E-state index in [9.17, 15) is 4.79 Å². The van der Waals surface area contributed by atoms with Crippen LogP contribution in [-0.2, 0) is 14.9 Å². The van der Waals surface area contributed by atoms with Crippen molar-refractivity contribution >= 4 is 29.3 Å². The molecule has 134 valence electrons. The van der Waals surface area contributed by atoms with Crippen LogP contribution in [0.5, 0.6) is 0 Å². The summed E-state index contributed by atoms with van der Waals surface area (Å²) in [4.78, 5) is 12.7. The first-order valence-electron chi connectivity index (χ1n) is 8.72. The van der Waals surface area contributed by atoms with E-state index >= 15 is 0 Å². The smallest absolute Gasteiger partial charge is 0.233 e. The lowest BCUT2D eigenvalue weighted by atomic mass is 9.74. The molecule has 1 saturated heterocycles. The van der Waals surface area contributed by atoms with E-state index in [4.69, 9.17) is 16.3 Å². The highest BCUT2D eigenvalue weighted by Gasteiger charge is 2.37. The fourth-order valence-corrected chi connectivity index (χ4v) is 4.62. The topological polar surface area (TPSA) is 38.3 Å². The summed E-state index contributed by atoms with van der Waals surface area (Å²) in [6.45, 7) is 8.33. The number of ether oxygens (including phenoxy) is 1. The molecule has 1 unspecified atom stereocenters. The van der Waals surface area contributed by atoms with Gasteiger partial charge in [0.05, 0.1) is 5.25 Å². The van der Waals surface area contributed by atoms with Crippen molar-refractivity contribution in [1.29, 1.82) is 0 Å². The van der Waals surface area contributed by atoms with Crippen molar-refractivity contribution < 1.29 is 9.53 Å². The number of hydrogen-bond donors (Lipinski definition) is 1. The molecule has 5 heteroatoms. The van der Waals surface area contributed by atoms with Crippen LogP contribution in [-0.4, -0.2) is 36.7 Å². The number of amides is 1. The van der Waals surface area contributed by atoms with E-state index in [-0.39, 0.29) is 16.6 Å². The van der Waals surface area contributed by atoms with E-state index in [0.29, 0.717) is 25.7 Å². The third-order valence-electron chi connectivity index (χ3n) is 4.71. The Balaban J connectivity index is 2.15. The van der Waals surface area contributed by atoms with Crippen LogP contribution in [0, 0.1) is 5.92 Å². The van der Waals surface area contributed by atoms with Crippen LogP contribution in [0.3, 0.4) is 0 Å². The van der Waals surface area contributed by atoms with Crippen LogP contribution in [0.15, 0.2) is 24.3 Å². The zero-order valence-corrected chi connectivity index (χ0v) is 16.4. The van der Waals surface area contributed by atoms with Crippen LogP contribution in [0.4, 0.5) is 0 Å². The quantitative estimate of drug-likeness (QED) is 0.779. The fourth-order valence-electron chi connectivity index (χ4n) is 3.30. The molecule has 1 atom stereocenters. The van der Waals surface area contributed by atoms with Gasteiger partial charge in [0.2, 0.25) is 5.91 Å². The molecule has 1 heterocycles. The van der Waals surface area contributed by atoms with Gasteiger partial charge in [-0.25, -0.2) is 0 Å². The molecule has 1 amide bonds. The predicted molar refractivity (Wildman–Crippen MR) is 103 cm³/mol. The summed E-state index contributed by atoms with van der Waals surface area (Å²) in [6.07, 6.45) is 1.76. The molecule has 0 radical (unpaired) electrons. The molecule has 1 aliphatic rings. The molecule has 1 aliphatic heterocycles. The second-order valence-electron chi connectivity index (χ2n) is 6.71. The Kier molecular flexibility index (Phi) is 7.45. The third kappa shape index (κ3) is 4.68. The van der Waals surface area contributed by atoms with Crippen molar-refractivity contribution in [2.45, 2.75) is 44.3 Å². The number of nitrogens with one attached hydrogen (secondary N) is 1. The first-order valence-corrected chi connectivity index (χ1v) is 10.1. The Bertz CT molecular complexity index is 544. The zero-order valence-electron chi connectivity index (χ0n) is 14.8. The summed E-state index contributed by atoms with van der Waals surface area (Å²) in [6, 6.07) is 7.98. The van der Waals surface area contributed by atoms with Gasteiger partial charge in [-0.1, -0.05) is 50.6 Å². The molecule has 0 bridgehead atoms. The molecule has 3 nitrogen and oxygen atoms in total. The molecule has 24 heavy (non-hydrogen) atoms. The first kappa shape index (κ1) is 19.6. The van der Waals surface area contributed by atoms with Crippen molar-refractivity contribution in [3.05, 3.63) is 34.9 Å². The summed E-state index contributed by atoms with van der Waals surface area (Å²) in [5.74, 6) is 1.40. The average Bonchev–Trinajstić information content (AvgIpc) is 2.58. The van der Waals surface area contributed by atoms with E-state index in [1.165, 1.54) is 0 Å². The van der Waals surface area contributed by atoms with Crippen molar-refractivity contribution in [2.24, 2.45) is 5.92 Å². The summed E-state index contributed by atoms with van der Waals surface area (Å²) in [5.41, 5.74) is 0.990. The first-order chi connectivity index (χ1) is 11.5. The lowest BCUT2D eigenvalue weighted by Crippen LogP contribution is -2.47. The van der Waals surface area contributed by atoms with Crippen LogP contribution in [0.1, 0.15) is 39.2 Å². The number of carbonyl (C=O) groups excluding carboxylic acids is 1. The van der Waals surface area contributed by atoms with Crippen molar-refractivity contribution in [3.63, 3.8) is 0 Å². The van der Waals surface area contributed by atoms with E-state index in [2.05, 4.69) is 32.2 Å². The van der Waals surface area contributed by atoms with Crippen LogP contribution >= 0.6 is 23.4 Å². The molecule has 0 aliphatic carbocycles. The molecule has 2 rings (SSSR count). The maximum Gasteiger partial charge on any atom is 0.233 e. The number of benzene rings is 1. The number of hydrogen-bond acceptors (Lipinski definition) is 3. The Hall–Kier alpha value is -0.710. The van der Waals surface area contributed by atoms with Gasteiger partial charge in [-0.15, -0.1) is 11.8 Å². The number of carbonyl (C=O) groups is 1. The highest BCUT2D eigenvalue weighted by molar-refractivity contribution is 8.00. The van der Waals surface area contributed by atoms with E-state index in [1.807, 2.05) is 18.2 Å². The van der Waals surface area contributed by atoms with Gasteiger partial charge in [-0.2, -0.15) is 0 Å². The minimum atomic E-state index is -0.134. The average molecular weight is 370 g/mol. The Labute approximate surface area is 154 Å². The fraction of sp³-hybridized carbons (Fsp3) is 0.632. The Morgan fingerprint density at radius 1 is 1.33 bits per heavy atom. The summed E-state index contributed by atoms with van der Waals surface area (Å²) >= 11 is 8.18. The predicted octanol–water partition coefficient (Wildman–Crippen LogP) is 4.28. The lowest BCUT2D eigenvalue weighted by molar-refractivity contribution is -0.121. The zero-order chi connectivity index (χ0) is 17.6. The van der Waals surface area contributed by atoms with Crippen LogP contribution in [0.25, 0.3) is 0 Å². The Morgan fingerprint density at radius 2 is 2.00 bits per heavy atom. The molecular formula is C19H28ClNO2S. The van der Waals surface area contributed by atoms with Crippen molar-refractivity contribution in [2.75, 3.05) is 25.5 Å². The summed E-state index contributed by atoms with van der Waals surface area (Å²) < 4.78 is 5.56. The number of thioether (sulfide) groups is 1. The molecule has 1 aromatic rings. The van der Waals surface area contributed by atoms with Gasteiger partial charge >= 0.3 is 0 Å². The maximum atomic E-state index is 12.7. The molecular weight excluding hydrogens is 342 g/mol. The van der Waals surface area contributed by atoms with Crippen LogP contribution < -0.4 is 5.32 Å². The number of halogens is 1. The van der Waals surface area contributed by atoms with Crippen molar-refractivity contribution in [1.82, 2.24) is 5.32 Å². The third-order valence-corrected chi connectivity index (χ3v) is 6.49. The van der Waals surface area contributed by atoms with Gasteiger partial charge in [0, 0.05) is 30.2 Å². The van der Waals surface area contributed by atoms with E-state index in [0.717, 1.165) is 29.2 Å². The summed E-state index contributed by atoms with van der Waals surface area (Å²) in [5, 5.41) is 3.98. The molecule has 1 N–H and O–H groups in total. The summed E-state index contributed by atoms with van der Waals surface area (Å²) in [7, 11) is 0. The van der Waals surface area contributed by atoms with Gasteiger partial charge < -0.3 is 10.1 Å². The largest absolute Gasteiger partial charge is 0.381 e. The second kappa shape index (κ2) is 9.12. The SMILES string of the molecule is CCSC(C(=O)NCC1(c2ccccc2Cl)CCOCC1)C(C)C. The number of rotatable bonds is 7. The standard InChI is InChI=1S/C19H28ClNO2S/c1-4-24-17(14(2)3)18(22)21-13-19(9-11-23-12-10-19)15-7-5-6-8-16(15)20/h5-8,14,17H,4,9-13H2,1-3H3,(H,21,22). The maximum absolute atomic E-state index is 12.7. The van der Waals surface area contributed by atoms with Gasteiger partial charge in [-0.05, 0) is 36.1 Å². The van der Waals surface area contributed by atoms with E-state index < -0.39 is 0 Å². The van der Waals surface area contributed by atoms with Gasteiger partial charge in [0.25, 0.3) is 0 Å². The highest BCUT2D eigenvalue weighted by atomic mass is 35.5. The lowest BCUT2D eigenvalue weighted by Gasteiger charge is -2.39. The highest BCUT2D eigenvalue weighted by Crippen LogP contribution is 2.38. The Morgan fingerprint density at radius 3 is 2.58 bits per heavy atom. The monoisotopic (exact) mass is 369 g/mol. The van der Waals surface area contributed by atoms with Gasteiger partial charge in [0.15, 0.2) is 0 Å². The van der Waals surface area contributed by atoms with Crippen LogP contribution in [0.2, 0.25) is 5.02 Å².